The van der Waals surface area contributed by atoms with Crippen LogP contribution in [0.15, 0.2) is 48.8 Å². The van der Waals surface area contributed by atoms with Crippen LogP contribution < -0.4 is 0 Å². The van der Waals surface area contributed by atoms with E-state index in [9.17, 15) is 0 Å². The second kappa shape index (κ2) is 4.56. The van der Waals surface area contributed by atoms with Crippen LogP contribution in [0.3, 0.4) is 0 Å². The van der Waals surface area contributed by atoms with Gasteiger partial charge in [0.1, 0.15) is 0 Å². The Morgan fingerprint density at radius 3 is 1.93 bits per heavy atom. The molecule has 1 heteroatoms. The summed E-state index contributed by atoms with van der Waals surface area (Å²) in [7, 11) is 0. The second-order valence-electron chi connectivity index (χ2n) is 3.52. The minimum Gasteiger partial charge on any atom is -0.265 e. The summed E-state index contributed by atoms with van der Waals surface area (Å²) >= 11 is 0. The van der Waals surface area contributed by atoms with Gasteiger partial charge in [0.15, 0.2) is 0 Å². The molecule has 0 bridgehead atoms. The maximum atomic E-state index is 3.98. The monoisotopic (exact) mass is 195 g/mol. The Morgan fingerprint density at radius 1 is 0.800 bits per heavy atom. The molecule has 0 saturated carbocycles. The van der Waals surface area contributed by atoms with Crippen LogP contribution in [-0.2, 0) is 0 Å². The van der Waals surface area contributed by atoms with E-state index in [1.54, 1.807) is 12.4 Å². The van der Waals surface area contributed by atoms with Crippen LogP contribution in [0.25, 0.3) is 12.2 Å². The average molecular weight is 195 g/mol. The highest BCUT2D eigenvalue weighted by atomic mass is 14.6. The maximum Gasteiger partial charge on any atom is 0.0273 e. The first kappa shape index (κ1) is 9.66. The molecular weight excluding hydrogens is 182 g/mol. The topological polar surface area (TPSA) is 12.9 Å². The lowest BCUT2D eigenvalue weighted by molar-refractivity contribution is 1.32. The van der Waals surface area contributed by atoms with Crippen molar-refractivity contribution in [2.75, 3.05) is 0 Å². The fourth-order valence-electron chi connectivity index (χ4n) is 1.34. The van der Waals surface area contributed by atoms with Gasteiger partial charge in [-0.15, -0.1) is 0 Å². The summed E-state index contributed by atoms with van der Waals surface area (Å²) in [5.41, 5.74) is 3.68. The summed E-state index contributed by atoms with van der Waals surface area (Å²) in [6.07, 6.45) is 7.80. The van der Waals surface area contributed by atoms with Crippen LogP contribution in [0.5, 0.6) is 0 Å². The normalized spacial score (nSPS) is 10.7. The Morgan fingerprint density at radius 2 is 1.33 bits per heavy atom. The van der Waals surface area contributed by atoms with Crippen molar-refractivity contribution < 1.29 is 0 Å². The molecule has 0 aliphatic rings. The second-order valence-corrected chi connectivity index (χ2v) is 3.52. The van der Waals surface area contributed by atoms with Crippen LogP contribution >= 0.6 is 0 Å². The molecule has 0 fully saturated rings. The molecule has 0 radical (unpaired) electrons. The first-order valence-corrected chi connectivity index (χ1v) is 4.99. The molecule has 0 amide bonds. The lowest BCUT2D eigenvalue weighted by Crippen LogP contribution is -1.75. The SMILES string of the molecule is Cc1ccc(/C=C/c2ccncc2)cc1. The van der Waals surface area contributed by atoms with E-state index in [0.29, 0.717) is 0 Å². The Bertz CT molecular complexity index is 441. The number of benzene rings is 1. The molecular formula is C14H13N. The standard InChI is InChI=1S/C14H13N/c1-12-2-4-13(5-3-12)6-7-14-8-10-15-11-9-14/h2-11H,1H3/b7-6+. The van der Waals surface area contributed by atoms with Gasteiger partial charge in [0.05, 0.1) is 0 Å². The highest BCUT2D eigenvalue weighted by Gasteiger charge is 1.87. The van der Waals surface area contributed by atoms with Crippen molar-refractivity contribution >= 4 is 12.2 Å². The van der Waals surface area contributed by atoms with E-state index >= 15 is 0 Å². The first-order chi connectivity index (χ1) is 7.34. The Labute approximate surface area is 90.1 Å². The maximum absolute atomic E-state index is 3.98. The Hall–Kier alpha value is -1.89. The molecule has 0 N–H and O–H groups in total. The van der Waals surface area contributed by atoms with Gasteiger partial charge in [0.25, 0.3) is 0 Å². The molecule has 1 nitrogen and oxygen atoms in total. The van der Waals surface area contributed by atoms with E-state index < -0.39 is 0 Å². The van der Waals surface area contributed by atoms with Gasteiger partial charge in [-0.3, -0.25) is 4.98 Å². The zero-order valence-electron chi connectivity index (χ0n) is 8.72. The van der Waals surface area contributed by atoms with Gasteiger partial charge < -0.3 is 0 Å². The third kappa shape index (κ3) is 2.78. The third-order valence-electron chi connectivity index (χ3n) is 2.25. The highest BCUT2D eigenvalue weighted by molar-refractivity contribution is 5.69. The Kier molecular flexibility index (Phi) is 2.93. The van der Waals surface area contributed by atoms with Gasteiger partial charge >= 0.3 is 0 Å². The van der Waals surface area contributed by atoms with Crippen LogP contribution in [-0.4, -0.2) is 4.98 Å². The number of pyridine rings is 1. The zero-order chi connectivity index (χ0) is 10.5. The number of aromatic nitrogens is 1. The molecule has 2 rings (SSSR count). The molecule has 1 aromatic heterocycles. The van der Waals surface area contributed by atoms with Crippen molar-refractivity contribution in [3.05, 3.63) is 65.5 Å². The fraction of sp³-hybridized carbons (Fsp3) is 0.0714. The molecule has 0 aliphatic heterocycles. The summed E-state index contributed by atoms with van der Waals surface area (Å²) in [5, 5.41) is 0. The van der Waals surface area contributed by atoms with Crippen LogP contribution in [0.1, 0.15) is 16.7 Å². The summed E-state index contributed by atoms with van der Waals surface area (Å²) in [5.74, 6) is 0. The molecule has 0 atom stereocenters. The molecule has 0 spiro atoms. The quantitative estimate of drug-likeness (QED) is 0.714. The number of aryl methyl sites for hydroxylation is 1. The smallest absolute Gasteiger partial charge is 0.0273 e. The predicted octanol–water partition coefficient (Wildman–Crippen LogP) is 3.56. The lowest BCUT2D eigenvalue weighted by atomic mass is 10.1. The summed E-state index contributed by atoms with van der Waals surface area (Å²) in [6.45, 7) is 2.09. The number of nitrogens with zero attached hydrogens (tertiary/aromatic N) is 1. The van der Waals surface area contributed by atoms with E-state index in [-0.39, 0.29) is 0 Å². The third-order valence-corrected chi connectivity index (χ3v) is 2.25. The molecule has 2 aromatic rings. The fourth-order valence-corrected chi connectivity index (χ4v) is 1.34. The number of hydrogen-bond acceptors (Lipinski definition) is 1. The molecule has 74 valence electrons. The van der Waals surface area contributed by atoms with Gasteiger partial charge in [-0.2, -0.15) is 0 Å². The van der Waals surface area contributed by atoms with Gasteiger partial charge in [0, 0.05) is 12.4 Å². The van der Waals surface area contributed by atoms with Crippen LogP contribution in [0.2, 0.25) is 0 Å². The number of hydrogen-bond donors (Lipinski definition) is 0. The van der Waals surface area contributed by atoms with Gasteiger partial charge in [-0.05, 0) is 30.2 Å². The zero-order valence-corrected chi connectivity index (χ0v) is 8.72. The van der Waals surface area contributed by atoms with Crippen LogP contribution in [0, 0.1) is 6.92 Å². The average Bonchev–Trinajstić information content (AvgIpc) is 2.30. The predicted molar refractivity (Wildman–Crippen MR) is 64.3 cm³/mol. The summed E-state index contributed by atoms with van der Waals surface area (Å²) in [4.78, 5) is 3.98. The van der Waals surface area contributed by atoms with Crippen LogP contribution in [0.4, 0.5) is 0 Å². The van der Waals surface area contributed by atoms with Crippen molar-refractivity contribution in [3.8, 4) is 0 Å². The minimum absolute atomic E-state index is 1.17. The van der Waals surface area contributed by atoms with Crippen molar-refractivity contribution in [1.29, 1.82) is 0 Å². The van der Waals surface area contributed by atoms with E-state index in [0.717, 1.165) is 0 Å². The number of rotatable bonds is 2. The van der Waals surface area contributed by atoms with Gasteiger partial charge in [-0.1, -0.05) is 42.0 Å². The summed E-state index contributed by atoms with van der Waals surface area (Å²) < 4.78 is 0. The molecule has 0 unspecified atom stereocenters. The van der Waals surface area contributed by atoms with E-state index in [2.05, 4.69) is 48.3 Å². The molecule has 15 heavy (non-hydrogen) atoms. The van der Waals surface area contributed by atoms with Crippen molar-refractivity contribution in [3.63, 3.8) is 0 Å². The molecule has 1 aromatic carbocycles. The van der Waals surface area contributed by atoms with Gasteiger partial charge in [0.2, 0.25) is 0 Å². The Balaban J connectivity index is 2.15. The van der Waals surface area contributed by atoms with Crippen molar-refractivity contribution in [1.82, 2.24) is 4.98 Å². The lowest BCUT2D eigenvalue weighted by Gasteiger charge is -1.95. The highest BCUT2D eigenvalue weighted by Crippen LogP contribution is 2.08. The molecule has 1 heterocycles. The molecule has 0 aliphatic carbocycles. The largest absolute Gasteiger partial charge is 0.265 e. The van der Waals surface area contributed by atoms with E-state index in [1.807, 2.05) is 12.1 Å². The van der Waals surface area contributed by atoms with Crippen molar-refractivity contribution in [2.24, 2.45) is 0 Å². The van der Waals surface area contributed by atoms with Gasteiger partial charge in [-0.25, -0.2) is 0 Å². The molecule has 0 saturated heterocycles. The summed E-state index contributed by atoms with van der Waals surface area (Å²) in [6, 6.07) is 12.5. The first-order valence-electron chi connectivity index (χ1n) is 4.99. The van der Waals surface area contributed by atoms with E-state index in [1.165, 1.54) is 16.7 Å². The van der Waals surface area contributed by atoms with Crippen molar-refractivity contribution in [2.45, 2.75) is 6.92 Å². The minimum atomic E-state index is 1.17. The van der Waals surface area contributed by atoms with E-state index in [4.69, 9.17) is 0 Å².